The van der Waals surface area contributed by atoms with Crippen LogP contribution in [0, 0.1) is 0 Å². The lowest BCUT2D eigenvalue weighted by Gasteiger charge is -2.02. The SMILES string of the molecule is CNCC(=O)c1ccc2nc(N)cnc2c1. The molecule has 0 bridgehead atoms. The minimum atomic E-state index is 0.0306. The van der Waals surface area contributed by atoms with Gasteiger partial charge < -0.3 is 11.1 Å². The summed E-state index contributed by atoms with van der Waals surface area (Å²) in [5.41, 5.74) is 7.52. The van der Waals surface area contributed by atoms with E-state index in [1.54, 1.807) is 25.2 Å². The monoisotopic (exact) mass is 216 g/mol. The van der Waals surface area contributed by atoms with Crippen LogP contribution >= 0.6 is 0 Å². The van der Waals surface area contributed by atoms with Crippen molar-refractivity contribution in [1.29, 1.82) is 0 Å². The standard InChI is InChI=1S/C11H12N4O/c1-13-5-10(16)7-2-3-8-9(4-7)14-6-11(12)15-8/h2-4,6,13H,5H2,1H3,(H2,12,15). The number of hydrogen-bond donors (Lipinski definition) is 2. The smallest absolute Gasteiger partial charge is 0.176 e. The van der Waals surface area contributed by atoms with Gasteiger partial charge in [0.2, 0.25) is 0 Å². The number of carbonyl (C=O) groups excluding carboxylic acids is 1. The van der Waals surface area contributed by atoms with Crippen molar-refractivity contribution in [3.05, 3.63) is 30.0 Å². The predicted molar refractivity (Wildman–Crippen MR) is 62.2 cm³/mol. The van der Waals surface area contributed by atoms with Gasteiger partial charge in [0.15, 0.2) is 5.78 Å². The summed E-state index contributed by atoms with van der Waals surface area (Å²) in [7, 11) is 1.74. The summed E-state index contributed by atoms with van der Waals surface area (Å²) in [6.45, 7) is 0.313. The Balaban J connectivity index is 2.44. The topological polar surface area (TPSA) is 80.9 Å². The predicted octanol–water partition coefficient (Wildman–Crippen LogP) is 0.614. The van der Waals surface area contributed by atoms with E-state index in [9.17, 15) is 4.79 Å². The fourth-order valence-electron chi connectivity index (χ4n) is 1.46. The second-order valence-corrected chi connectivity index (χ2v) is 3.45. The van der Waals surface area contributed by atoms with E-state index in [1.165, 1.54) is 6.20 Å². The number of nitrogens with two attached hydrogens (primary N) is 1. The molecule has 0 radical (unpaired) electrons. The minimum absolute atomic E-state index is 0.0306. The van der Waals surface area contributed by atoms with E-state index in [4.69, 9.17) is 5.73 Å². The van der Waals surface area contributed by atoms with Crippen LogP contribution in [0.5, 0.6) is 0 Å². The Morgan fingerprint density at radius 3 is 3.00 bits per heavy atom. The summed E-state index contributed by atoms with van der Waals surface area (Å²) < 4.78 is 0. The number of carbonyl (C=O) groups is 1. The molecule has 0 atom stereocenters. The van der Waals surface area contributed by atoms with E-state index in [0.717, 1.165) is 0 Å². The van der Waals surface area contributed by atoms with E-state index >= 15 is 0 Å². The zero-order valence-corrected chi connectivity index (χ0v) is 8.90. The summed E-state index contributed by atoms with van der Waals surface area (Å²) in [6, 6.07) is 5.21. The third-order valence-electron chi connectivity index (χ3n) is 2.22. The Bertz CT molecular complexity index is 538. The first kappa shape index (κ1) is 10.5. The minimum Gasteiger partial charge on any atom is -0.382 e. The first-order chi connectivity index (χ1) is 7.70. The van der Waals surface area contributed by atoms with Gasteiger partial charge in [0.25, 0.3) is 0 Å². The van der Waals surface area contributed by atoms with Crippen molar-refractivity contribution in [3.63, 3.8) is 0 Å². The molecule has 0 spiro atoms. The normalized spacial score (nSPS) is 10.6. The third kappa shape index (κ3) is 1.99. The van der Waals surface area contributed by atoms with Crippen LogP contribution in [0.1, 0.15) is 10.4 Å². The molecule has 0 saturated carbocycles. The zero-order chi connectivity index (χ0) is 11.5. The molecule has 5 heteroatoms. The molecule has 0 fully saturated rings. The van der Waals surface area contributed by atoms with Gasteiger partial charge in [-0.3, -0.25) is 9.78 Å². The number of fused-ring (bicyclic) bond motifs is 1. The fraction of sp³-hybridized carbons (Fsp3) is 0.182. The zero-order valence-electron chi connectivity index (χ0n) is 8.90. The average Bonchev–Trinajstić information content (AvgIpc) is 2.28. The molecule has 16 heavy (non-hydrogen) atoms. The Labute approximate surface area is 92.7 Å². The number of aromatic nitrogens is 2. The fourth-order valence-corrected chi connectivity index (χ4v) is 1.46. The van der Waals surface area contributed by atoms with Crippen molar-refractivity contribution in [3.8, 4) is 0 Å². The van der Waals surface area contributed by atoms with Crippen LogP contribution in [-0.4, -0.2) is 29.3 Å². The highest BCUT2D eigenvalue weighted by Crippen LogP contribution is 2.13. The molecular weight excluding hydrogens is 204 g/mol. The van der Waals surface area contributed by atoms with Gasteiger partial charge in [0.1, 0.15) is 5.82 Å². The Kier molecular flexibility index (Phi) is 2.78. The van der Waals surface area contributed by atoms with E-state index in [-0.39, 0.29) is 5.78 Å². The number of rotatable bonds is 3. The van der Waals surface area contributed by atoms with Crippen molar-refractivity contribution >= 4 is 22.6 Å². The molecule has 1 aromatic carbocycles. The molecule has 0 amide bonds. The molecule has 0 aliphatic heterocycles. The molecular formula is C11H12N4O. The van der Waals surface area contributed by atoms with Gasteiger partial charge in [-0.15, -0.1) is 0 Å². The third-order valence-corrected chi connectivity index (χ3v) is 2.22. The van der Waals surface area contributed by atoms with Gasteiger partial charge in [-0.1, -0.05) is 0 Å². The van der Waals surface area contributed by atoms with Crippen LogP contribution in [0.4, 0.5) is 5.82 Å². The highest BCUT2D eigenvalue weighted by Gasteiger charge is 2.06. The van der Waals surface area contributed by atoms with Crippen molar-refractivity contribution in [1.82, 2.24) is 15.3 Å². The van der Waals surface area contributed by atoms with Crippen LogP contribution in [0.25, 0.3) is 11.0 Å². The van der Waals surface area contributed by atoms with Crippen molar-refractivity contribution < 1.29 is 4.79 Å². The quantitative estimate of drug-likeness (QED) is 0.735. The molecule has 3 N–H and O–H groups in total. The molecule has 2 aromatic rings. The summed E-state index contributed by atoms with van der Waals surface area (Å²) in [5, 5.41) is 2.82. The van der Waals surface area contributed by atoms with Gasteiger partial charge in [0, 0.05) is 5.56 Å². The summed E-state index contributed by atoms with van der Waals surface area (Å²) in [6.07, 6.45) is 1.48. The van der Waals surface area contributed by atoms with E-state index in [2.05, 4.69) is 15.3 Å². The maximum atomic E-state index is 11.6. The molecule has 0 saturated heterocycles. The number of anilines is 1. The molecule has 0 aliphatic rings. The molecule has 2 rings (SSSR count). The summed E-state index contributed by atoms with van der Waals surface area (Å²) in [5.74, 6) is 0.407. The van der Waals surface area contributed by atoms with E-state index in [0.29, 0.717) is 29.0 Å². The molecule has 82 valence electrons. The number of nitrogens with zero attached hydrogens (tertiary/aromatic N) is 2. The van der Waals surface area contributed by atoms with Crippen LogP contribution in [0.15, 0.2) is 24.4 Å². The van der Waals surface area contributed by atoms with Gasteiger partial charge in [-0.25, -0.2) is 4.98 Å². The molecule has 5 nitrogen and oxygen atoms in total. The number of nitrogens with one attached hydrogen (secondary N) is 1. The van der Waals surface area contributed by atoms with E-state index < -0.39 is 0 Å². The average molecular weight is 216 g/mol. The lowest BCUT2D eigenvalue weighted by atomic mass is 10.1. The Hall–Kier alpha value is -2.01. The van der Waals surface area contributed by atoms with Crippen LogP contribution in [0.3, 0.4) is 0 Å². The number of Topliss-reactive ketones (excluding diaryl/α,β-unsaturated/α-hetero) is 1. The second-order valence-electron chi connectivity index (χ2n) is 3.45. The highest BCUT2D eigenvalue weighted by atomic mass is 16.1. The van der Waals surface area contributed by atoms with Crippen LogP contribution < -0.4 is 11.1 Å². The Morgan fingerprint density at radius 2 is 2.25 bits per heavy atom. The van der Waals surface area contributed by atoms with E-state index in [1.807, 2.05) is 0 Å². The molecule has 1 aromatic heterocycles. The first-order valence-corrected chi connectivity index (χ1v) is 4.91. The van der Waals surface area contributed by atoms with Crippen molar-refractivity contribution in [2.24, 2.45) is 0 Å². The molecule has 0 unspecified atom stereocenters. The van der Waals surface area contributed by atoms with Crippen molar-refractivity contribution in [2.75, 3.05) is 19.3 Å². The number of nitrogen functional groups attached to an aromatic ring is 1. The lowest BCUT2D eigenvalue weighted by molar-refractivity contribution is 0.0993. The number of likely N-dealkylation sites (N-methyl/N-ethyl adjacent to an activating group) is 1. The Morgan fingerprint density at radius 1 is 1.44 bits per heavy atom. The highest BCUT2D eigenvalue weighted by molar-refractivity contribution is 6.00. The van der Waals surface area contributed by atoms with Gasteiger partial charge >= 0.3 is 0 Å². The van der Waals surface area contributed by atoms with Gasteiger partial charge in [0.05, 0.1) is 23.8 Å². The molecule has 1 heterocycles. The first-order valence-electron chi connectivity index (χ1n) is 4.91. The molecule has 0 aliphatic carbocycles. The number of benzene rings is 1. The van der Waals surface area contributed by atoms with Gasteiger partial charge in [-0.2, -0.15) is 0 Å². The lowest BCUT2D eigenvalue weighted by Crippen LogP contribution is -2.18. The van der Waals surface area contributed by atoms with Crippen molar-refractivity contribution in [2.45, 2.75) is 0 Å². The number of ketones is 1. The largest absolute Gasteiger partial charge is 0.382 e. The summed E-state index contributed by atoms with van der Waals surface area (Å²) in [4.78, 5) is 19.9. The van der Waals surface area contributed by atoms with Crippen LogP contribution in [0.2, 0.25) is 0 Å². The summed E-state index contributed by atoms with van der Waals surface area (Å²) >= 11 is 0. The maximum absolute atomic E-state index is 11.6. The number of hydrogen-bond acceptors (Lipinski definition) is 5. The van der Waals surface area contributed by atoms with Gasteiger partial charge in [-0.05, 0) is 25.2 Å². The maximum Gasteiger partial charge on any atom is 0.176 e. The van der Waals surface area contributed by atoms with Crippen LogP contribution in [-0.2, 0) is 0 Å². The second kappa shape index (κ2) is 4.24.